The van der Waals surface area contributed by atoms with Crippen molar-refractivity contribution in [2.75, 3.05) is 0 Å². The van der Waals surface area contributed by atoms with Crippen LogP contribution in [0.2, 0.25) is 0 Å². The van der Waals surface area contributed by atoms with Gasteiger partial charge in [0.25, 0.3) is 0 Å². The molecule has 0 radical (unpaired) electrons. The van der Waals surface area contributed by atoms with E-state index in [-0.39, 0.29) is 5.41 Å². The normalized spacial score (nSPS) is 13.5. The Hall–Kier alpha value is -0.310. The van der Waals surface area contributed by atoms with E-state index < -0.39 is 0 Å². The summed E-state index contributed by atoms with van der Waals surface area (Å²) < 4.78 is 3.75. The number of thiol groups is 1. The van der Waals surface area contributed by atoms with Gasteiger partial charge in [-0.1, -0.05) is 20.8 Å². The van der Waals surface area contributed by atoms with E-state index in [1.54, 1.807) is 6.92 Å². The molecule has 3 heteroatoms. The molecule has 0 bridgehead atoms. The molecule has 0 rings (SSSR count). The van der Waals surface area contributed by atoms with Crippen molar-refractivity contribution in [2.24, 2.45) is 9.81 Å². The molecule has 0 atom stereocenters. The fourth-order valence-corrected chi connectivity index (χ4v) is 1.24. The molecule has 10 heavy (non-hydrogen) atoms. The van der Waals surface area contributed by atoms with Crippen molar-refractivity contribution < 1.29 is 0 Å². The van der Waals surface area contributed by atoms with Crippen LogP contribution in [-0.2, 0) is 0 Å². The van der Waals surface area contributed by atoms with Gasteiger partial charge < -0.3 is 5.41 Å². The van der Waals surface area contributed by atoms with Gasteiger partial charge in [0.05, 0.1) is 11.4 Å². The summed E-state index contributed by atoms with van der Waals surface area (Å²) in [6, 6.07) is 0. The Kier molecular flexibility index (Phi) is 3.09. The van der Waals surface area contributed by atoms with Gasteiger partial charge in [-0.05, 0) is 19.7 Å². The summed E-state index contributed by atoms with van der Waals surface area (Å²) in [6.45, 7) is 7.76. The summed E-state index contributed by atoms with van der Waals surface area (Å²) in [5, 5.41) is 7.33. The predicted molar refractivity (Wildman–Crippen MR) is 49.3 cm³/mol. The van der Waals surface area contributed by atoms with E-state index in [1.165, 1.54) is 0 Å². The monoisotopic (exact) mass is 158 g/mol. The largest absolute Gasteiger partial charge is 0.304 e. The Bertz CT molecular complexity index is 165. The van der Waals surface area contributed by atoms with Gasteiger partial charge in [0.2, 0.25) is 0 Å². The number of rotatable bonds is 1. The summed E-state index contributed by atoms with van der Waals surface area (Å²) in [5.41, 5.74) is 1.17. The van der Waals surface area contributed by atoms with Crippen LogP contribution in [0.25, 0.3) is 0 Å². The first-order valence-corrected chi connectivity index (χ1v) is 3.57. The first-order valence-electron chi connectivity index (χ1n) is 3.17. The lowest BCUT2D eigenvalue weighted by Gasteiger charge is -2.19. The highest BCUT2D eigenvalue weighted by Gasteiger charge is 2.19. The van der Waals surface area contributed by atoms with Crippen molar-refractivity contribution in [1.82, 2.24) is 0 Å². The highest BCUT2D eigenvalue weighted by Crippen LogP contribution is 2.17. The molecule has 0 aromatic heterocycles. The molecule has 0 fully saturated rings. The molecule has 2 nitrogen and oxygen atoms in total. The fraction of sp³-hybridized carbons (Fsp3) is 0.714. The van der Waals surface area contributed by atoms with Crippen LogP contribution in [0.5, 0.6) is 0 Å². The molecular weight excluding hydrogens is 144 g/mol. The Balaban J connectivity index is 4.56. The third-order valence-corrected chi connectivity index (χ3v) is 1.37. The van der Waals surface area contributed by atoms with Crippen molar-refractivity contribution >= 4 is 24.2 Å². The van der Waals surface area contributed by atoms with E-state index in [2.05, 4.69) is 17.2 Å². The number of hydrogen-bond acceptors (Lipinski definition) is 3. The highest BCUT2D eigenvalue weighted by molar-refractivity contribution is 7.79. The molecule has 1 N–H and O–H groups in total. The molecule has 0 spiro atoms. The third-order valence-electron chi connectivity index (χ3n) is 1.17. The van der Waals surface area contributed by atoms with Gasteiger partial charge in [-0.3, -0.25) is 0 Å². The van der Waals surface area contributed by atoms with Crippen LogP contribution in [-0.4, -0.2) is 11.4 Å². The molecule has 0 amide bonds. The number of hydrogen-bond donors (Lipinski definition) is 2. The van der Waals surface area contributed by atoms with Crippen LogP contribution in [0.4, 0.5) is 0 Å². The van der Waals surface area contributed by atoms with Gasteiger partial charge in [0, 0.05) is 5.41 Å². The molecule has 0 unspecified atom stereocenters. The lowest BCUT2D eigenvalue weighted by Crippen LogP contribution is -2.25. The Morgan fingerprint density at radius 2 is 1.80 bits per heavy atom. The molecule has 0 aromatic carbocycles. The maximum atomic E-state index is 7.33. The smallest absolute Gasteiger partial charge is 0.0741 e. The van der Waals surface area contributed by atoms with Crippen LogP contribution >= 0.6 is 12.8 Å². The minimum atomic E-state index is -0.0619. The minimum absolute atomic E-state index is 0.0619. The molecule has 0 aromatic rings. The van der Waals surface area contributed by atoms with Crippen LogP contribution in [0.15, 0.2) is 4.40 Å². The van der Waals surface area contributed by atoms with Gasteiger partial charge >= 0.3 is 0 Å². The second kappa shape index (κ2) is 3.19. The van der Waals surface area contributed by atoms with E-state index in [0.29, 0.717) is 5.71 Å². The second-order valence-corrected chi connectivity index (χ2v) is 3.52. The van der Waals surface area contributed by atoms with E-state index in [0.717, 1.165) is 5.71 Å². The van der Waals surface area contributed by atoms with Crippen molar-refractivity contribution in [3.63, 3.8) is 0 Å². The molecule has 0 saturated heterocycles. The van der Waals surface area contributed by atoms with Crippen LogP contribution in [0.1, 0.15) is 27.7 Å². The van der Waals surface area contributed by atoms with Crippen molar-refractivity contribution in [1.29, 1.82) is 5.41 Å². The highest BCUT2D eigenvalue weighted by atomic mass is 32.1. The lowest BCUT2D eigenvalue weighted by molar-refractivity contribution is 0.599. The van der Waals surface area contributed by atoms with Gasteiger partial charge in [-0.25, -0.2) is 4.40 Å². The van der Waals surface area contributed by atoms with E-state index in [9.17, 15) is 0 Å². The van der Waals surface area contributed by atoms with Crippen LogP contribution < -0.4 is 0 Å². The van der Waals surface area contributed by atoms with E-state index >= 15 is 0 Å². The van der Waals surface area contributed by atoms with Crippen LogP contribution in [0, 0.1) is 10.8 Å². The van der Waals surface area contributed by atoms with E-state index in [4.69, 9.17) is 5.41 Å². The maximum absolute atomic E-state index is 7.33. The first kappa shape index (κ1) is 9.69. The molecule has 0 aliphatic carbocycles. The van der Waals surface area contributed by atoms with Gasteiger partial charge in [0.15, 0.2) is 0 Å². The maximum Gasteiger partial charge on any atom is 0.0741 e. The van der Waals surface area contributed by atoms with Gasteiger partial charge in [-0.2, -0.15) is 0 Å². The fourth-order valence-electron chi connectivity index (χ4n) is 0.788. The Morgan fingerprint density at radius 3 is 1.80 bits per heavy atom. The topological polar surface area (TPSA) is 36.2 Å². The summed E-state index contributed by atoms with van der Waals surface area (Å²) in [6.07, 6.45) is 0. The number of nitrogens with zero attached hydrogens (tertiary/aromatic N) is 1. The zero-order valence-corrected chi connectivity index (χ0v) is 7.79. The number of nitrogens with one attached hydrogen (secondary N) is 1. The average molecular weight is 158 g/mol. The predicted octanol–water partition coefficient (Wildman–Crippen LogP) is 2.36. The SMILES string of the molecule is CC(=N)/C(=N\S)C(C)(C)C. The first-order chi connectivity index (χ1) is 4.39. The third kappa shape index (κ3) is 2.52. The summed E-state index contributed by atoms with van der Waals surface area (Å²) >= 11 is 3.80. The molecule has 0 saturated carbocycles. The Labute approximate surface area is 67.8 Å². The molecule has 0 aliphatic rings. The standard InChI is InChI=1S/C7H14N2S/c1-5(8)6(9-10)7(2,3)4/h8,10H,1-4H3/b8-5?,9-6+. The lowest BCUT2D eigenvalue weighted by atomic mass is 9.88. The second-order valence-electron chi connectivity index (χ2n) is 3.32. The van der Waals surface area contributed by atoms with Gasteiger partial charge in [0.1, 0.15) is 0 Å². The average Bonchev–Trinajstić information content (AvgIpc) is 1.60. The summed E-state index contributed by atoms with van der Waals surface area (Å²) in [4.78, 5) is 0. The summed E-state index contributed by atoms with van der Waals surface area (Å²) in [5.74, 6) is 0. The summed E-state index contributed by atoms with van der Waals surface area (Å²) in [7, 11) is 0. The van der Waals surface area contributed by atoms with Crippen molar-refractivity contribution in [3.8, 4) is 0 Å². The van der Waals surface area contributed by atoms with Crippen molar-refractivity contribution in [3.05, 3.63) is 0 Å². The van der Waals surface area contributed by atoms with E-state index in [1.807, 2.05) is 20.8 Å². The molecule has 0 heterocycles. The zero-order valence-electron chi connectivity index (χ0n) is 6.89. The molecule has 0 aliphatic heterocycles. The molecular formula is C7H14N2S. The van der Waals surface area contributed by atoms with Gasteiger partial charge in [-0.15, -0.1) is 0 Å². The Morgan fingerprint density at radius 1 is 1.40 bits per heavy atom. The van der Waals surface area contributed by atoms with Crippen LogP contribution in [0.3, 0.4) is 0 Å². The zero-order chi connectivity index (χ0) is 8.36. The molecule has 58 valence electrons. The quantitative estimate of drug-likeness (QED) is 0.434. The van der Waals surface area contributed by atoms with Crippen molar-refractivity contribution in [2.45, 2.75) is 27.7 Å². The minimum Gasteiger partial charge on any atom is -0.304 e.